The summed E-state index contributed by atoms with van der Waals surface area (Å²) in [5.74, 6) is -0.976. The van der Waals surface area contributed by atoms with Crippen molar-refractivity contribution in [2.75, 3.05) is 11.4 Å². The lowest BCUT2D eigenvalue weighted by atomic mass is 10.2. The molecule has 0 spiro atoms. The van der Waals surface area contributed by atoms with E-state index in [0.717, 1.165) is 4.31 Å². The lowest BCUT2D eigenvalue weighted by Gasteiger charge is -2.29. The molecule has 0 amide bonds. The van der Waals surface area contributed by atoms with Crippen molar-refractivity contribution in [3.63, 3.8) is 0 Å². The van der Waals surface area contributed by atoms with Crippen LogP contribution in [0.4, 0.5) is 5.69 Å². The predicted octanol–water partition coefficient (Wildman–Crippen LogP) is 2.36. The normalized spacial score (nSPS) is 12.4. The summed E-state index contributed by atoms with van der Waals surface area (Å²) in [4.78, 5) is 11.5. The summed E-state index contributed by atoms with van der Waals surface area (Å²) >= 11 is 0. The van der Waals surface area contributed by atoms with Gasteiger partial charge in [0.05, 0.1) is 17.7 Å². The molecule has 0 aliphatic heterocycles. The first-order valence-electron chi connectivity index (χ1n) is 6.85. The zero-order valence-corrected chi connectivity index (χ0v) is 13.5. The fourth-order valence-electron chi connectivity index (χ4n) is 2.16. The lowest BCUT2D eigenvalue weighted by molar-refractivity contribution is -0.137. The molecule has 2 aromatic carbocycles. The molecule has 6 nitrogen and oxygen atoms in total. The van der Waals surface area contributed by atoms with Crippen LogP contribution in [0.2, 0.25) is 0 Å². The van der Waals surface area contributed by atoms with Crippen LogP contribution in [-0.4, -0.2) is 32.6 Å². The van der Waals surface area contributed by atoms with E-state index in [4.69, 9.17) is 4.74 Å². The summed E-state index contributed by atoms with van der Waals surface area (Å²) in [7, 11) is -2.66. The summed E-state index contributed by atoms with van der Waals surface area (Å²) < 4.78 is 32.0. The van der Waals surface area contributed by atoms with Crippen molar-refractivity contribution in [1.82, 2.24) is 0 Å². The molecule has 0 aromatic heterocycles. The number of anilines is 1. The van der Waals surface area contributed by atoms with Crippen molar-refractivity contribution >= 4 is 21.7 Å². The minimum absolute atomic E-state index is 0.0130. The van der Waals surface area contributed by atoms with E-state index in [1.165, 1.54) is 32.2 Å². The van der Waals surface area contributed by atoms with Crippen LogP contribution in [0.15, 0.2) is 59.5 Å². The van der Waals surface area contributed by atoms with Crippen molar-refractivity contribution < 1.29 is 23.1 Å². The van der Waals surface area contributed by atoms with Crippen molar-refractivity contribution in [2.24, 2.45) is 0 Å². The van der Waals surface area contributed by atoms with E-state index in [0.29, 0.717) is 0 Å². The van der Waals surface area contributed by atoms with Gasteiger partial charge in [-0.2, -0.15) is 0 Å². The Morgan fingerprint density at radius 3 is 2.22 bits per heavy atom. The number of benzene rings is 2. The first kappa shape index (κ1) is 16.8. The number of hydrogen-bond acceptors (Lipinski definition) is 4. The van der Waals surface area contributed by atoms with Gasteiger partial charge < -0.3 is 9.84 Å². The second kappa shape index (κ2) is 6.70. The first-order valence-corrected chi connectivity index (χ1v) is 8.29. The lowest BCUT2D eigenvalue weighted by Crippen LogP contribution is -2.43. The molecule has 23 heavy (non-hydrogen) atoms. The van der Waals surface area contributed by atoms with E-state index in [1.54, 1.807) is 36.4 Å². The summed E-state index contributed by atoms with van der Waals surface area (Å²) in [6.07, 6.45) is 0. The summed E-state index contributed by atoms with van der Waals surface area (Å²) in [6, 6.07) is 12.8. The maximum atomic E-state index is 13.0. The Labute approximate surface area is 135 Å². The highest BCUT2D eigenvalue weighted by Crippen LogP contribution is 2.33. The number of para-hydroxylation sites is 2. The van der Waals surface area contributed by atoms with Crippen LogP contribution < -0.4 is 9.04 Å². The van der Waals surface area contributed by atoms with E-state index < -0.39 is 22.0 Å². The Morgan fingerprint density at radius 1 is 1.09 bits per heavy atom. The topological polar surface area (TPSA) is 83.9 Å². The molecule has 1 N–H and O–H groups in total. The standard InChI is InChI=1S/C16H17NO5S/c1-12(16(18)19)17(14-10-6-7-11-15(14)22-2)23(20,21)13-8-4-3-5-9-13/h3-12H,1-2H3,(H,18,19). The molecule has 0 heterocycles. The average Bonchev–Trinajstić information content (AvgIpc) is 2.56. The molecule has 0 aliphatic carbocycles. The summed E-state index contributed by atoms with van der Waals surface area (Å²) in [5.41, 5.74) is 0.175. The second-order valence-corrected chi connectivity index (χ2v) is 6.61. The van der Waals surface area contributed by atoms with Gasteiger partial charge in [-0.3, -0.25) is 0 Å². The third-order valence-electron chi connectivity index (χ3n) is 3.33. The fourth-order valence-corrected chi connectivity index (χ4v) is 3.81. The molecule has 0 saturated carbocycles. The van der Waals surface area contributed by atoms with Gasteiger partial charge in [0, 0.05) is 0 Å². The molecule has 0 aliphatic rings. The van der Waals surface area contributed by atoms with Crippen molar-refractivity contribution in [3.8, 4) is 5.75 Å². The minimum atomic E-state index is -4.06. The van der Waals surface area contributed by atoms with Gasteiger partial charge in [0.2, 0.25) is 0 Å². The Morgan fingerprint density at radius 2 is 1.65 bits per heavy atom. The van der Waals surface area contributed by atoms with Crippen LogP contribution in [-0.2, 0) is 14.8 Å². The number of sulfonamides is 1. The molecular weight excluding hydrogens is 318 g/mol. The zero-order valence-electron chi connectivity index (χ0n) is 12.7. The fraction of sp³-hybridized carbons (Fsp3) is 0.188. The highest BCUT2D eigenvalue weighted by molar-refractivity contribution is 7.93. The van der Waals surface area contributed by atoms with Crippen LogP contribution in [0.5, 0.6) is 5.75 Å². The van der Waals surface area contributed by atoms with Gasteiger partial charge in [-0.1, -0.05) is 30.3 Å². The van der Waals surface area contributed by atoms with Crippen molar-refractivity contribution in [1.29, 1.82) is 0 Å². The quantitative estimate of drug-likeness (QED) is 0.876. The third kappa shape index (κ3) is 3.29. The van der Waals surface area contributed by atoms with Gasteiger partial charge in [0.15, 0.2) is 0 Å². The zero-order chi connectivity index (χ0) is 17.0. The minimum Gasteiger partial charge on any atom is -0.495 e. The number of carboxylic acid groups (broad SMARTS) is 1. The molecule has 1 atom stereocenters. The molecule has 2 aromatic rings. The third-order valence-corrected chi connectivity index (χ3v) is 5.23. The summed E-state index contributed by atoms with van der Waals surface area (Å²) in [5, 5.41) is 9.34. The van der Waals surface area contributed by atoms with Crippen LogP contribution in [0, 0.1) is 0 Å². The molecule has 1 unspecified atom stereocenters. The molecule has 0 radical (unpaired) electrons. The number of methoxy groups -OCH3 is 1. The largest absolute Gasteiger partial charge is 0.495 e. The Balaban J connectivity index is 2.67. The van der Waals surface area contributed by atoms with Crippen LogP contribution in [0.3, 0.4) is 0 Å². The maximum absolute atomic E-state index is 13.0. The molecule has 0 bridgehead atoms. The number of hydrogen-bond donors (Lipinski definition) is 1. The van der Waals surface area contributed by atoms with Crippen LogP contribution in [0.25, 0.3) is 0 Å². The number of nitrogens with zero attached hydrogens (tertiary/aromatic N) is 1. The van der Waals surface area contributed by atoms with Gasteiger partial charge in [0.25, 0.3) is 10.0 Å². The van der Waals surface area contributed by atoms with E-state index in [1.807, 2.05) is 0 Å². The number of rotatable bonds is 6. The highest BCUT2D eigenvalue weighted by Gasteiger charge is 2.34. The number of carboxylic acids is 1. The van der Waals surface area contributed by atoms with Gasteiger partial charge >= 0.3 is 5.97 Å². The predicted molar refractivity (Wildman–Crippen MR) is 86.2 cm³/mol. The monoisotopic (exact) mass is 335 g/mol. The maximum Gasteiger partial charge on any atom is 0.327 e. The van der Waals surface area contributed by atoms with E-state index in [2.05, 4.69) is 0 Å². The van der Waals surface area contributed by atoms with Crippen molar-refractivity contribution in [3.05, 3.63) is 54.6 Å². The molecule has 7 heteroatoms. The van der Waals surface area contributed by atoms with Crippen LogP contribution >= 0.6 is 0 Å². The van der Waals surface area contributed by atoms with E-state index in [-0.39, 0.29) is 16.3 Å². The Hall–Kier alpha value is -2.54. The number of carbonyl (C=O) groups is 1. The number of ether oxygens (including phenoxy) is 1. The smallest absolute Gasteiger partial charge is 0.327 e. The first-order chi connectivity index (χ1) is 10.9. The van der Waals surface area contributed by atoms with Crippen molar-refractivity contribution in [2.45, 2.75) is 17.9 Å². The second-order valence-electron chi connectivity index (χ2n) is 4.80. The molecule has 122 valence electrons. The molecular formula is C16H17NO5S. The highest BCUT2D eigenvalue weighted by atomic mass is 32.2. The van der Waals surface area contributed by atoms with E-state index in [9.17, 15) is 18.3 Å². The Bertz CT molecular complexity index is 789. The van der Waals surface area contributed by atoms with Crippen LogP contribution in [0.1, 0.15) is 6.92 Å². The molecule has 0 saturated heterocycles. The van der Waals surface area contributed by atoms with Gasteiger partial charge in [-0.15, -0.1) is 0 Å². The molecule has 2 rings (SSSR count). The average molecular weight is 335 g/mol. The van der Waals surface area contributed by atoms with E-state index >= 15 is 0 Å². The number of aliphatic carboxylic acids is 1. The van der Waals surface area contributed by atoms with Gasteiger partial charge in [-0.25, -0.2) is 17.5 Å². The Kier molecular flexibility index (Phi) is 4.90. The SMILES string of the molecule is COc1ccccc1N(C(C)C(=O)O)S(=O)(=O)c1ccccc1. The van der Waals surface area contributed by atoms with Gasteiger partial charge in [0.1, 0.15) is 11.8 Å². The summed E-state index contributed by atoms with van der Waals surface area (Å²) in [6.45, 7) is 1.31. The van der Waals surface area contributed by atoms with Gasteiger partial charge in [-0.05, 0) is 31.2 Å². The molecule has 0 fully saturated rings.